The first-order valence-electron chi connectivity index (χ1n) is 26.1. The molecule has 4 fully saturated rings. The average Bonchev–Trinajstić information content (AvgIpc) is 3.98. The van der Waals surface area contributed by atoms with Crippen LogP contribution in [0.5, 0.6) is 5.75 Å². The van der Waals surface area contributed by atoms with Gasteiger partial charge in [-0.15, -0.1) is 11.3 Å². The van der Waals surface area contributed by atoms with Crippen LogP contribution in [-0.4, -0.2) is 138 Å². The van der Waals surface area contributed by atoms with Crippen molar-refractivity contribution in [3.8, 4) is 22.3 Å². The standard InChI is InChI=1S/C57H71F3N8O7S/c1-34-47(76-33-62-34)37-17-15-36(16-18-37)46(40-31-74-32-40)64-50(72)44-26-41(69)29-68(44)51(73)48(54(2,3)4)63-45(70)30-67-24-22-66(23-25-67)21-9-10-35-11-13-38(14-12-35)49(71)65-52-55(5,6)53(56(52,7)8)75-42-20-19-39(28-61)43(27-42)57(58,59)60/h11-20,27,33,40-41,44,46,48,52-53,69H,9-10,21-26,29-32H2,1-8H3,(H,63,70)(H,64,72)(H,65,71)/t41-,44+,46?,48-,52?,53?/m1/s1. The summed E-state index contributed by atoms with van der Waals surface area (Å²) in [4.78, 5) is 67.1. The lowest BCUT2D eigenvalue weighted by molar-refractivity contribution is -0.164. The third kappa shape index (κ3) is 12.4. The van der Waals surface area contributed by atoms with Crippen molar-refractivity contribution in [3.63, 3.8) is 0 Å². The Hall–Kier alpha value is -5.91. The number of nitrogens with zero attached hydrogens (tertiary/aromatic N) is 5. The van der Waals surface area contributed by atoms with E-state index in [1.807, 2.05) is 97.3 Å². The molecule has 15 nitrogen and oxygen atoms in total. The Bertz CT molecular complexity index is 2760. The normalized spacial score (nSPS) is 22.6. The van der Waals surface area contributed by atoms with E-state index >= 15 is 0 Å². The highest BCUT2D eigenvalue weighted by molar-refractivity contribution is 7.13. The summed E-state index contributed by atoms with van der Waals surface area (Å²) in [5.41, 5.74) is 2.84. The third-order valence-electron chi connectivity index (χ3n) is 15.8. The minimum atomic E-state index is -4.71. The molecule has 19 heteroatoms. The fraction of sp³-hybridized carbons (Fsp3) is 0.544. The molecule has 3 aromatic carbocycles. The van der Waals surface area contributed by atoms with Gasteiger partial charge in [0.2, 0.25) is 17.7 Å². The Morgan fingerprint density at radius 3 is 2.17 bits per heavy atom. The first-order valence-corrected chi connectivity index (χ1v) is 27.0. The second kappa shape index (κ2) is 22.6. The summed E-state index contributed by atoms with van der Waals surface area (Å²) in [5, 5.41) is 29.4. The number of rotatable bonds is 17. The van der Waals surface area contributed by atoms with E-state index in [2.05, 4.69) is 30.7 Å². The predicted octanol–water partition coefficient (Wildman–Crippen LogP) is 7.17. The van der Waals surface area contributed by atoms with Crippen LogP contribution in [-0.2, 0) is 31.7 Å². The lowest BCUT2D eigenvalue weighted by atomic mass is 9.49. The van der Waals surface area contributed by atoms with Crippen molar-refractivity contribution in [2.45, 2.75) is 117 Å². The molecule has 8 rings (SSSR count). The van der Waals surface area contributed by atoms with Gasteiger partial charge in [-0.1, -0.05) is 84.9 Å². The zero-order valence-corrected chi connectivity index (χ0v) is 45.4. The molecule has 76 heavy (non-hydrogen) atoms. The molecule has 4 aromatic rings. The molecule has 1 saturated carbocycles. The monoisotopic (exact) mass is 1070 g/mol. The number of hydrogen-bond donors (Lipinski definition) is 4. The van der Waals surface area contributed by atoms with Gasteiger partial charge in [-0.25, -0.2) is 4.98 Å². The van der Waals surface area contributed by atoms with Crippen molar-refractivity contribution in [2.75, 3.05) is 59.0 Å². The maximum absolute atomic E-state index is 14.4. The fourth-order valence-corrected chi connectivity index (χ4v) is 12.5. The maximum Gasteiger partial charge on any atom is 0.417 e. The summed E-state index contributed by atoms with van der Waals surface area (Å²) >= 11 is 1.57. The minimum Gasteiger partial charge on any atom is -0.489 e. The molecule has 408 valence electrons. The van der Waals surface area contributed by atoms with Gasteiger partial charge in [-0.05, 0) is 78.7 Å². The lowest BCUT2D eigenvalue weighted by Gasteiger charge is -2.63. The number of amides is 4. The molecule has 4 amide bonds. The number of aliphatic hydroxyl groups excluding tert-OH is 1. The van der Waals surface area contributed by atoms with Crippen molar-refractivity contribution in [2.24, 2.45) is 22.2 Å². The number of aryl methyl sites for hydroxylation is 2. The molecule has 3 aliphatic heterocycles. The highest BCUT2D eigenvalue weighted by Crippen LogP contribution is 2.56. The molecule has 0 bridgehead atoms. The van der Waals surface area contributed by atoms with E-state index in [4.69, 9.17) is 9.47 Å². The van der Waals surface area contributed by atoms with E-state index in [1.165, 1.54) is 11.0 Å². The topological polar surface area (TPSA) is 189 Å². The first kappa shape index (κ1) is 56.3. The Labute approximate surface area is 447 Å². The molecule has 0 radical (unpaired) electrons. The number of likely N-dealkylation sites (tertiary alicyclic amines) is 1. The number of carbonyl (C=O) groups is 4. The van der Waals surface area contributed by atoms with Crippen molar-refractivity contribution >= 4 is 35.0 Å². The molecule has 1 aromatic heterocycles. The van der Waals surface area contributed by atoms with Crippen molar-refractivity contribution in [1.82, 2.24) is 35.6 Å². The van der Waals surface area contributed by atoms with Gasteiger partial charge in [0.05, 0.1) is 65.2 Å². The number of nitrogens with one attached hydrogen (secondary N) is 3. The Morgan fingerprint density at radius 2 is 1.59 bits per heavy atom. The van der Waals surface area contributed by atoms with Crippen LogP contribution < -0.4 is 20.7 Å². The number of aromatic nitrogens is 1. The van der Waals surface area contributed by atoms with Gasteiger partial charge < -0.3 is 40.3 Å². The molecule has 4 heterocycles. The summed E-state index contributed by atoms with van der Waals surface area (Å²) in [6, 6.07) is 17.9. The maximum atomic E-state index is 14.4. The summed E-state index contributed by atoms with van der Waals surface area (Å²) in [5.74, 6) is -1.26. The molecule has 1 aliphatic carbocycles. The van der Waals surface area contributed by atoms with Gasteiger partial charge in [0.1, 0.15) is 23.9 Å². The molecule has 4 N–H and O–H groups in total. The number of thiazole rings is 1. The van der Waals surface area contributed by atoms with E-state index < -0.39 is 63.7 Å². The van der Waals surface area contributed by atoms with Crippen LogP contribution in [0, 0.1) is 40.4 Å². The zero-order chi connectivity index (χ0) is 54.9. The van der Waals surface area contributed by atoms with Crippen LogP contribution >= 0.6 is 11.3 Å². The highest BCUT2D eigenvalue weighted by atomic mass is 32.1. The van der Waals surface area contributed by atoms with Crippen molar-refractivity contribution in [3.05, 3.63) is 106 Å². The van der Waals surface area contributed by atoms with Crippen LogP contribution in [0.4, 0.5) is 13.2 Å². The number of benzene rings is 3. The molecular weight excluding hydrogens is 998 g/mol. The van der Waals surface area contributed by atoms with Gasteiger partial charge in [0, 0.05) is 67.5 Å². The van der Waals surface area contributed by atoms with Crippen LogP contribution in [0.15, 0.2) is 72.2 Å². The summed E-state index contributed by atoms with van der Waals surface area (Å²) < 4.78 is 52.6. The number of aliphatic hydroxyl groups is 1. The average molecular weight is 1070 g/mol. The fourth-order valence-electron chi connectivity index (χ4n) is 11.7. The van der Waals surface area contributed by atoms with Gasteiger partial charge in [-0.2, -0.15) is 18.4 Å². The van der Waals surface area contributed by atoms with Crippen LogP contribution in [0.3, 0.4) is 0 Å². The van der Waals surface area contributed by atoms with E-state index in [-0.39, 0.29) is 61.0 Å². The van der Waals surface area contributed by atoms with Crippen molar-refractivity contribution < 1.29 is 46.9 Å². The summed E-state index contributed by atoms with van der Waals surface area (Å²) in [6.07, 6.45) is -4.36. The number of β-amino-alcohol motifs (C(OH)–C–C–N with tert-alkyl or cyclic N) is 1. The molecule has 1 unspecified atom stereocenters. The Balaban J connectivity index is 0.777. The van der Waals surface area contributed by atoms with E-state index in [0.29, 0.717) is 31.9 Å². The molecule has 3 saturated heterocycles. The predicted molar refractivity (Wildman–Crippen MR) is 282 cm³/mol. The second-order valence-corrected chi connectivity index (χ2v) is 24.1. The Morgan fingerprint density at radius 1 is 0.934 bits per heavy atom. The number of piperazine rings is 1. The number of carbonyl (C=O) groups excluding carboxylic acids is 4. The third-order valence-corrected chi connectivity index (χ3v) is 16.7. The van der Waals surface area contributed by atoms with Gasteiger partial charge >= 0.3 is 6.18 Å². The number of nitriles is 1. The highest BCUT2D eigenvalue weighted by Gasteiger charge is 2.64. The molecule has 4 atom stereocenters. The molecule has 4 aliphatic rings. The van der Waals surface area contributed by atoms with E-state index in [9.17, 15) is 42.7 Å². The largest absolute Gasteiger partial charge is 0.489 e. The van der Waals surface area contributed by atoms with Crippen LogP contribution in [0.25, 0.3) is 10.4 Å². The molecule has 0 spiro atoms. The van der Waals surface area contributed by atoms with Gasteiger partial charge in [0.15, 0.2) is 0 Å². The van der Waals surface area contributed by atoms with E-state index in [1.54, 1.807) is 29.5 Å². The number of hydrogen-bond acceptors (Lipinski definition) is 12. The van der Waals surface area contributed by atoms with Gasteiger partial charge in [0.25, 0.3) is 5.91 Å². The lowest BCUT2D eigenvalue weighted by Crippen LogP contribution is -2.74. The Kier molecular flexibility index (Phi) is 16.7. The number of ether oxygens (including phenoxy) is 2. The summed E-state index contributed by atoms with van der Waals surface area (Å²) in [7, 11) is 0. The zero-order valence-electron chi connectivity index (χ0n) is 44.6. The van der Waals surface area contributed by atoms with Crippen LogP contribution in [0.2, 0.25) is 0 Å². The smallest absolute Gasteiger partial charge is 0.417 e. The minimum absolute atomic E-state index is 0.00724. The summed E-state index contributed by atoms with van der Waals surface area (Å²) in [6.45, 7) is 20.0. The second-order valence-electron chi connectivity index (χ2n) is 23.2. The van der Waals surface area contributed by atoms with Crippen LogP contribution in [0.1, 0.15) is 106 Å². The van der Waals surface area contributed by atoms with Gasteiger partial charge in [-0.3, -0.25) is 24.1 Å². The SMILES string of the molecule is Cc1ncsc1-c1ccc(C(NC(=O)[C@@H]2C[C@@H](O)CN2C(=O)[C@@H](NC(=O)CN2CCN(CCCc3ccc(C(=O)NC4C(C)(C)C(Oc5ccc(C#N)c(C(F)(F)F)c5)C4(C)C)cc3)CC2)C(C)(C)C)C2COC2)cc1. The quantitative estimate of drug-likeness (QED) is 0.0840. The first-order chi connectivity index (χ1) is 35.8. The number of halogens is 3. The molecular formula is C57H71F3N8O7S. The van der Waals surface area contributed by atoms with Crippen molar-refractivity contribution in [1.29, 1.82) is 5.26 Å². The van der Waals surface area contributed by atoms with E-state index in [0.717, 1.165) is 71.9 Å². The number of alkyl halides is 3.